The first-order chi connectivity index (χ1) is 9.52. The number of carbonyl (C=O) groups is 1. The lowest BCUT2D eigenvalue weighted by molar-refractivity contribution is 0.0988. The standard InChI is InChI=1S/C15H14Br2N2O/c1-2-19(14-6-4-3-5-13(14)18)15(20)10-7-11(16)9-12(17)8-10/h3-9H,2,18H2,1H3. The first-order valence-electron chi connectivity index (χ1n) is 6.15. The maximum absolute atomic E-state index is 12.7. The monoisotopic (exact) mass is 396 g/mol. The highest BCUT2D eigenvalue weighted by molar-refractivity contribution is 9.11. The van der Waals surface area contributed by atoms with E-state index in [0.717, 1.165) is 14.6 Å². The largest absolute Gasteiger partial charge is 0.397 e. The van der Waals surface area contributed by atoms with Crippen LogP contribution < -0.4 is 10.6 Å². The first-order valence-corrected chi connectivity index (χ1v) is 7.74. The summed E-state index contributed by atoms with van der Waals surface area (Å²) in [6.45, 7) is 2.48. The van der Waals surface area contributed by atoms with Crippen molar-refractivity contribution in [2.45, 2.75) is 6.92 Å². The SMILES string of the molecule is CCN(C(=O)c1cc(Br)cc(Br)c1)c1ccccc1N. The summed E-state index contributed by atoms with van der Waals surface area (Å²) in [5.74, 6) is -0.0765. The van der Waals surface area contributed by atoms with Crippen molar-refractivity contribution in [3.8, 4) is 0 Å². The van der Waals surface area contributed by atoms with Crippen LogP contribution in [-0.2, 0) is 0 Å². The van der Waals surface area contributed by atoms with Gasteiger partial charge in [-0.2, -0.15) is 0 Å². The maximum atomic E-state index is 12.7. The number of nitrogens with two attached hydrogens (primary N) is 1. The lowest BCUT2D eigenvalue weighted by Crippen LogP contribution is -2.31. The number of halogens is 2. The second kappa shape index (κ2) is 6.41. The summed E-state index contributed by atoms with van der Waals surface area (Å²) in [7, 11) is 0. The summed E-state index contributed by atoms with van der Waals surface area (Å²) < 4.78 is 1.71. The van der Waals surface area contributed by atoms with Gasteiger partial charge in [0.25, 0.3) is 5.91 Å². The fourth-order valence-electron chi connectivity index (χ4n) is 1.99. The smallest absolute Gasteiger partial charge is 0.258 e. The molecule has 0 saturated heterocycles. The van der Waals surface area contributed by atoms with Crippen molar-refractivity contribution in [2.75, 3.05) is 17.2 Å². The molecule has 3 nitrogen and oxygen atoms in total. The normalized spacial score (nSPS) is 10.3. The number of carbonyl (C=O) groups excluding carboxylic acids is 1. The van der Waals surface area contributed by atoms with E-state index in [1.54, 1.807) is 23.1 Å². The van der Waals surface area contributed by atoms with Gasteiger partial charge in [-0.05, 0) is 37.3 Å². The number of hydrogen-bond acceptors (Lipinski definition) is 2. The number of benzene rings is 2. The quantitative estimate of drug-likeness (QED) is 0.777. The number of para-hydroxylation sites is 2. The van der Waals surface area contributed by atoms with Crippen LogP contribution in [0.3, 0.4) is 0 Å². The van der Waals surface area contributed by atoms with E-state index >= 15 is 0 Å². The summed E-state index contributed by atoms with van der Waals surface area (Å²) in [5, 5.41) is 0. The fraction of sp³-hybridized carbons (Fsp3) is 0.133. The van der Waals surface area contributed by atoms with Gasteiger partial charge in [0.2, 0.25) is 0 Å². The predicted octanol–water partition coefficient (Wildman–Crippen LogP) is 4.46. The van der Waals surface area contributed by atoms with E-state index in [1.807, 2.05) is 31.2 Å². The second-order valence-corrected chi connectivity index (χ2v) is 6.10. The molecule has 2 aromatic rings. The number of nitrogens with zero attached hydrogens (tertiary/aromatic N) is 1. The molecule has 2 aromatic carbocycles. The highest BCUT2D eigenvalue weighted by Gasteiger charge is 2.18. The van der Waals surface area contributed by atoms with Crippen molar-refractivity contribution < 1.29 is 4.79 Å². The number of amides is 1. The highest BCUT2D eigenvalue weighted by atomic mass is 79.9. The van der Waals surface area contributed by atoms with E-state index in [-0.39, 0.29) is 5.91 Å². The third kappa shape index (κ3) is 3.22. The summed E-state index contributed by atoms with van der Waals surface area (Å²) in [6.07, 6.45) is 0. The average molecular weight is 398 g/mol. The molecular formula is C15H14Br2N2O. The third-order valence-corrected chi connectivity index (χ3v) is 3.81. The molecule has 0 radical (unpaired) electrons. The third-order valence-electron chi connectivity index (χ3n) is 2.90. The molecule has 0 fully saturated rings. The van der Waals surface area contributed by atoms with Gasteiger partial charge >= 0.3 is 0 Å². The van der Waals surface area contributed by atoms with Crippen LogP contribution in [0.4, 0.5) is 11.4 Å². The Morgan fingerprint density at radius 2 is 1.75 bits per heavy atom. The van der Waals surface area contributed by atoms with Gasteiger partial charge in [0, 0.05) is 21.1 Å². The molecule has 0 aliphatic heterocycles. The number of rotatable bonds is 3. The molecule has 0 atom stereocenters. The van der Waals surface area contributed by atoms with Crippen molar-refractivity contribution in [2.24, 2.45) is 0 Å². The van der Waals surface area contributed by atoms with Crippen molar-refractivity contribution in [1.82, 2.24) is 0 Å². The minimum Gasteiger partial charge on any atom is -0.397 e. The summed E-state index contributed by atoms with van der Waals surface area (Å²) in [5.41, 5.74) is 7.89. The van der Waals surface area contributed by atoms with Crippen molar-refractivity contribution in [3.63, 3.8) is 0 Å². The molecule has 0 aromatic heterocycles. The Bertz CT molecular complexity index is 623. The summed E-state index contributed by atoms with van der Waals surface area (Å²) >= 11 is 6.80. The Morgan fingerprint density at radius 3 is 2.30 bits per heavy atom. The molecule has 0 bridgehead atoms. The predicted molar refractivity (Wildman–Crippen MR) is 90.0 cm³/mol. The van der Waals surface area contributed by atoms with Gasteiger partial charge in [0.1, 0.15) is 0 Å². The lowest BCUT2D eigenvalue weighted by Gasteiger charge is -2.22. The molecule has 2 N–H and O–H groups in total. The molecule has 1 amide bonds. The number of hydrogen-bond donors (Lipinski definition) is 1. The Morgan fingerprint density at radius 1 is 1.15 bits per heavy atom. The van der Waals surface area contributed by atoms with E-state index < -0.39 is 0 Å². The molecule has 0 aliphatic rings. The topological polar surface area (TPSA) is 46.3 Å². The fourth-order valence-corrected chi connectivity index (χ4v) is 3.28. The van der Waals surface area contributed by atoms with Gasteiger partial charge in [-0.15, -0.1) is 0 Å². The van der Waals surface area contributed by atoms with Crippen LogP contribution >= 0.6 is 31.9 Å². The van der Waals surface area contributed by atoms with Crippen molar-refractivity contribution in [3.05, 3.63) is 57.0 Å². The highest BCUT2D eigenvalue weighted by Crippen LogP contribution is 2.26. The van der Waals surface area contributed by atoms with Gasteiger partial charge in [-0.25, -0.2) is 0 Å². The van der Waals surface area contributed by atoms with Gasteiger partial charge < -0.3 is 10.6 Å². The second-order valence-electron chi connectivity index (χ2n) is 4.27. The van der Waals surface area contributed by atoms with Crippen LogP contribution in [0, 0.1) is 0 Å². The maximum Gasteiger partial charge on any atom is 0.258 e. The average Bonchev–Trinajstić information content (AvgIpc) is 2.40. The van der Waals surface area contributed by atoms with Crippen LogP contribution in [-0.4, -0.2) is 12.5 Å². The molecule has 20 heavy (non-hydrogen) atoms. The van der Waals surface area contributed by atoms with Crippen molar-refractivity contribution in [1.29, 1.82) is 0 Å². The van der Waals surface area contributed by atoms with E-state index in [0.29, 0.717) is 17.8 Å². The van der Waals surface area contributed by atoms with Gasteiger partial charge in [-0.3, -0.25) is 4.79 Å². The first kappa shape index (κ1) is 15.1. The molecule has 0 spiro atoms. The molecule has 0 heterocycles. The molecular weight excluding hydrogens is 384 g/mol. The number of nitrogen functional groups attached to an aromatic ring is 1. The number of anilines is 2. The van der Waals surface area contributed by atoms with Crippen LogP contribution in [0.25, 0.3) is 0 Å². The zero-order valence-corrected chi connectivity index (χ0v) is 14.1. The van der Waals surface area contributed by atoms with Gasteiger partial charge in [0.15, 0.2) is 0 Å². The minimum absolute atomic E-state index is 0.0765. The summed E-state index contributed by atoms with van der Waals surface area (Å²) in [6, 6.07) is 12.9. The van der Waals surface area contributed by atoms with E-state index in [4.69, 9.17) is 5.73 Å². The lowest BCUT2D eigenvalue weighted by atomic mass is 10.1. The Kier molecular flexibility index (Phi) is 4.83. The molecule has 0 unspecified atom stereocenters. The Balaban J connectivity index is 2.42. The molecule has 5 heteroatoms. The van der Waals surface area contributed by atoms with Crippen LogP contribution in [0.5, 0.6) is 0 Å². The minimum atomic E-state index is -0.0765. The Hall–Kier alpha value is -1.33. The molecule has 2 rings (SSSR count). The van der Waals surface area contributed by atoms with Gasteiger partial charge in [-0.1, -0.05) is 44.0 Å². The molecule has 0 saturated carbocycles. The zero-order valence-electron chi connectivity index (χ0n) is 10.9. The van der Waals surface area contributed by atoms with E-state index in [9.17, 15) is 4.79 Å². The van der Waals surface area contributed by atoms with Crippen LogP contribution in [0.1, 0.15) is 17.3 Å². The van der Waals surface area contributed by atoms with Crippen LogP contribution in [0.2, 0.25) is 0 Å². The zero-order chi connectivity index (χ0) is 14.7. The van der Waals surface area contributed by atoms with Gasteiger partial charge in [0.05, 0.1) is 11.4 Å². The molecule has 0 aliphatic carbocycles. The van der Waals surface area contributed by atoms with Crippen molar-refractivity contribution >= 4 is 49.1 Å². The summed E-state index contributed by atoms with van der Waals surface area (Å²) in [4.78, 5) is 14.3. The molecule has 104 valence electrons. The van der Waals surface area contributed by atoms with E-state index in [1.165, 1.54) is 0 Å². The Labute approximate surface area is 135 Å². The van der Waals surface area contributed by atoms with E-state index in [2.05, 4.69) is 31.9 Å². The van der Waals surface area contributed by atoms with Crippen LogP contribution in [0.15, 0.2) is 51.4 Å².